The largest absolute Gasteiger partial charge is 0.491 e. The zero-order chi connectivity index (χ0) is 17.8. The van der Waals surface area contributed by atoms with Crippen molar-refractivity contribution in [3.8, 4) is 5.75 Å². The fraction of sp³-hybridized carbons (Fsp3) is 0.350. The Morgan fingerprint density at radius 2 is 1.88 bits per heavy atom. The lowest BCUT2D eigenvalue weighted by Gasteiger charge is -2.12. The number of aromatic nitrogens is 2. The summed E-state index contributed by atoms with van der Waals surface area (Å²) in [6, 6.07) is 15.5. The molecule has 0 saturated carbocycles. The van der Waals surface area contributed by atoms with E-state index in [1.165, 1.54) is 11.3 Å². The van der Waals surface area contributed by atoms with Gasteiger partial charge in [0.2, 0.25) is 0 Å². The highest BCUT2D eigenvalue weighted by atomic mass is 35.5. The van der Waals surface area contributed by atoms with E-state index in [4.69, 9.17) is 16.3 Å². The molecule has 0 aliphatic rings. The molecule has 0 aliphatic heterocycles. The van der Waals surface area contributed by atoms with Crippen LogP contribution in [0.3, 0.4) is 0 Å². The van der Waals surface area contributed by atoms with Crippen molar-refractivity contribution >= 4 is 22.6 Å². The Labute approximate surface area is 153 Å². The third-order valence-corrected chi connectivity index (χ3v) is 4.61. The topological polar surface area (TPSA) is 38.3 Å². The molecule has 1 heterocycles. The zero-order valence-electron chi connectivity index (χ0n) is 14.7. The molecule has 0 saturated heterocycles. The highest BCUT2D eigenvalue weighted by Gasteiger charge is 2.23. The van der Waals surface area contributed by atoms with Gasteiger partial charge in [-0.1, -0.05) is 30.7 Å². The quantitative estimate of drug-likeness (QED) is 0.655. The van der Waals surface area contributed by atoms with Gasteiger partial charge < -0.3 is 9.84 Å². The Balaban J connectivity index is 1.77. The van der Waals surface area contributed by atoms with Gasteiger partial charge in [-0.05, 0) is 42.8 Å². The minimum Gasteiger partial charge on any atom is -0.491 e. The second-order valence-corrected chi connectivity index (χ2v) is 6.68. The lowest BCUT2D eigenvalue weighted by atomic mass is 10.3. The fourth-order valence-electron chi connectivity index (χ4n) is 3.15. The molecule has 0 radical (unpaired) electrons. The van der Waals surface area contributed by atoms with Gasteiger partial charge in [-0.3, -0.25) is 0 Å². The number of nitrogens with zero attached hydrogens (tertiary/aromatic N) is 2. The molecule has 3 aromatic rings. The first-order chi connectivity index (χ1) is 12.1. The number of aryl methyl sites for hydroxylation is 1. The monoisotopic (exact) mass is 359 g/mol. The summed E-state index contributed by atoms with van der Waals surface area (Å²) in [6.45, 7) is 2.91. The standard InChI is InChI=1S/C20H24ClN2O2/c1-3-6-20-22(2)18-7-4-5-8-19(18)23(20)13-16(24)14-25-17-11-9-15(21)10-12-17/h4-5,7-12,16,24H,3,6,13-14H2,1-2H3/q+1/t16-/m1/s1. The number of ether oxygens (including phenoxy) is 1. The maximum Gasteiger partial charge on any atom is 0.257 e. The van der Waals surface area contributed by atoms with E-state index in [1.807, 2.05) is 24.3 Å². The molecule has 1 aromatic heterocycles. The summed E-state index contributed by atoms with van der Waals surface area (Å²) < 4.78 is 10.1. The zero-order valence-corrected chi connectivity index (χ0v) is 15.4. The maximum absolute atomic E-state index is 10.5. The molecule has 2 aromatic carbocycles. The van der Waals surface area contributed by atoms with E-state index in [0.29, 0.717) is 17.3 Å². The minimum absolute atomic E-state index is 0.240. The van der Waals surface area contributed by atoms with Gasteiger partial charge in [0, 0.05) is 11.4 Å². The van der Waals surface area contributed by atoms with Crippen LogP contribution in [0.1, 0.15) is 19.2 Å². The van der Waals surface area contributed by atoms with E-state index >= 15 is 0 Å². The number of fused-ring (bicyclic) bond motifs is 1. The van der Waals surface area contributed by atoms with Crippen molar-refractivity contribution < 1.29 is 14.4 Å². The van der Waals surface area contributed by atoms with Gasteiger partial charge in [0.15, 0.2) is 11.0 Å². The number of hydrogen-bond donors (Lipinski definition) is 1. The van der Waals surface area contributed by atoms with Crippen LogP contribution in [0.15, 0.2) is 48.5 Å². The van der Waals surface area contributed by atoms with Crippen LogP contribution in [0.2, 0.25) is 5.02 Å². The number of rotatable bonds is 7. The van der Waals surface area contributed by atoms with Crippen LogP contribution in [-0.4, -0.2) is 22.4 Å². The Hall–Kier alpha value is -2.04. The van der Waals surface area contributed by atoms with Gasteiger partial charge in [0.25, 0.3) is 5.82 Å². The molecule has 0 unspecified atom stereocenters. The molecule has 132 valence electrons. The van der Waals surface area contributed by atoms with Gasteiger partial charge >= 0.3 is 0 Å². The van der Waals surface area contributed by atoms with Crippen LogP contribution in [-0.2, 0) is 20.0 Å². The second kappa shape index (κ2) is 7.89. The van der Waals surface area contributed by atoms with Crippen molar-refractivity contribution in [2.24, 2.45) is 7.05 Å². The number of hydrogen-bond acceptors (Lipinski definition) is 2. The van der Waals surface area contributed by atoms with Gasteiger partial charge in [-0.25, -0.2) is 9.13 Å². The first kappa shape index (κ1) is 17.8. The highest BCUT2D eigenvalue weighted by Crippen LogP contribution is 2.18. The number of halogens is 1. The summed E-state index contributed by atoms with van der Waals surface area (Å²) in [5.41, 5.74) is 2.32. The summed E-state index contributed by atoms with van der Waals surface area (Å²) in [5.74, 6) is 1.93. The number of benzene rings is 2. The number of imidazole rings is 1. The van der Waals surface area contributed by atoms with Crippen molar-refractivity contribution in [3.63, 3.8) is 0 Å². The lowest BCUT2D eigenvalue weighted by molar-refractivity contribution is -0.654. The molecular weight excluding hydrogens is 336 g/mol. The molecule has 0 bridgehead atoms. The van der Waals surface area contributed by atoms with Crippen LogP contribution in [0.5, 0.6) is 5.75 Å². The molecule has 3 rings (SSSR count). The van der Waals surface area contributed by atoms with Crippen LogP contribution in [0.4, 0.5) is 0 Å². The molecule has 1 N–H and O–H groups in total. The van der Waals surface area contributed by atoms with E-state index in [-0.39, 0.29) is 6.61 Å². The maximum atomic E-state index is 10.5. The molecule has 0 spiro atoms. The molecule has 5 heteroatoms. The average molecular weight is 360 g/mol. The van der Waals surface area contributed by atoms with E-state index in [0.717, 1.165) is 18.4 Å². The Bertz CT molecular complexity index is 843. The number of aliphatic hydroxyl groups excluding tert-OH is 1. The van der Waals surface area contributed by atoms with Crippen LogP contribution in [0, 0.1) is 0 Å². The predicted molar refractivity (Wildman–Crippen MR) is 100 cm³/mol. The third kappa shape index (κ3) is 3.97. The molecule has 0 aliphatic carbocycles. The molecule has 25 heavy (non-hydrogen) atoms. The van der Waals surface area contributed by atoms with Crippen molar-refractivity contribution in [2.45, 2.75) is 32.4 Å². The van der Waals surface area contributed by atoms with E-state index < -0.39 is 6.10 Å². The summed E-state index contributed by atoms with van der Waals surface area (Å²) in [6.07, 6.45) is 1.43. The molecule has 4 nitrogen and oxygen atoms in total. The van der Waals surface area contributed by atoms with E-state index in [2.05, 4.69) is 35.2 Å². The Kier molecular flexibility index (Phi) is 5.61. The third-order valence-electron chi connectivity index (χ3n) is 4.36. The first-order valence-electron chi connectivity index (χ1n) is 8.62. The van der Waals surface area contributed by atoms with Crippen molar-refractivity contribution in [1.82, 2.24) is 4.57 Å². The SMILES string of the molecule is CCCc1n(C[C@@H](O)COc2ccc(Cl)cc2)c2ccccc2[n+]1C. The van der Waals surface area contributed by atoms with Crippen molar-refractivity contribution in [3.05, 3.63) is 59.4 Å². The van der Waals surface area contributed by atoms with Crippen LogP contribution in [0.25, 0.3) is 11.0 Å². The first-order valence-corrected chi connectivity index (χ1v) is 9.00. The minimum atomic E-state index is -0.595. The molecule has 0 fully saturated rings. The van der Waals surface area contributed by atoms with Gasteiger partial charge in [0.1, 0.15) is 25.0 Å². The summed E-state index contributed by atoms with van der Waals surface area (Å²) in [7, 11) is 2.08. The highest BCUT2D eigenvalue weighted by molar-refractivity contribution is 6.30. The smallest absolute Gasteiger partial charge is 0.257 e. The lowest BCUT2D eigenvalue weighted by Crippen LogP contribution is -2.34. The van der Waals surface area contributed by atoms with Gasteiger partial charge in [-0.15, -0.1) is 0 Å². The van der Waals surface area contributed by atoms with Crippen molar-refractivity contribution in [1.29, 1.82) is 0 Å². The summed E-state index contributed by atoms with van der Waals surface area (Å²) in [5, 5.41) is 11.2. The van der Waals surface area contributed by atoms with Crippen LogP contribution >= 0.6 is 11.6 Å². The van der Waals surface area contributed by atoms with Crippen molar-refractivity contribution in [2.75, 3.05) is 6.61 Å². The predicted octanol–water partition coefficient (Wildman–Crippen LogP) is 3.51. The molecule has 0 amide bonds. The molecular formula is C20H24ClN2O2+. The summed E-state index contributed by atoms with van der Waals surface area (Å²) >= 11 is 5.88. The Morgan fingerprint density at radius 3 is 2.60 bits per heavy atom. The Morgan fingerprint density at radius 1 is 1.16 bits per heavy atom. The van der Waals surface area contributed by atoms with E-state index in [1.54, 1.807) is 12.1 Å². The average Bonchev–Trinajstić information content (AvgIpc) is 2.88. The summed E-state index contributed by atoms with van der Waals surface area (Å²) in [4.78, 5) is 0. The van der Waals surface area contributed by atoms with Gasteiger partial charge in [0.05, 0.1) is 7.05 Å². The molecule has 1 atom stereocenters. The fourth-order valence-corrected chi connectivity index (χ4v) is 3.28. The van der Waals surface area contributed by atoms with Crippen LogP contribution < -0.4 is 9.30 Å². The normalized spacial score (nSPS) is 12.5. The second-order valence-electron chi connectivity index (χ2n) is 6.24. The van der Waals surface area contributed by atoms with Gasteiger partial charge in [-0.2, -0.15) is 0 Å². The number of para-hydroxylation sites is 2. The number of aliphatic hydroxyl groups is 1. The van der Waals surface area contributed by atoms with E-state index in [9.17, 15) is 5.11 Å².